The van der Waals surface area contributed by atoms with Crippen LogP contribution in [-0.2, 0) is 0 Å². The van der Waals surface area contributed by atoms with E-state index in [1.807, 2.05) is 0 Å². The number of hydrogen-bond acceptors (Lipinski definition) is 6. The minimum Gasteiger partial charge on any atom is -0.307 e. The lowest BCUT2D eigenvalue weighted by molar-refractivity contribution is 1.04. The van der Waals surface area contributed by atoms with Crippen LogP contribution in [0.5, 0.6) is 0 Å². The lowest BCUT2D eigenvalue weighted by Gasteiger charge is -2.23. The first-order valence-corrected chi connectivity index (χ1v) is 22.8. The van der Waals surface area contributed by atoms with Gasteiger partial charge in [-0.05, 0) is 84.9 Å². The lowest BCUT2D eigenvalue weighted by atomic mass is 10.0. The summed E-state index contributed by atoms with van der Waals surface area (Å²) in [7, 11) is 0. The van der Waals surface area contributed by atoms with Gasteiger partial charge in [0.15, 0.2) is 23.2 Å². The predicted molar refractivity (Wildman–Crippen MR) is 280 cm³/mol. The molecule has 0 bridgehead atoms. The van der Waals surface area contributed by atoms with E-state index in [0.29, 0.717) is 16.7 Å². The summed E-state index contributed by atoms with van der Waals surface area (Å²) in [6, 6.07) is 71.4. The van der Waals surface area contributed by atoms with Gasteiger partial charge in [-0.15, -0.1) is 0 Å². The Kier molecular flexibility index (Phi) is 9.16. The summed E-state index contributed by atoms with van der Waals surface area (Å²) in [4.78, 5) is 19.1. The van der Waals surface area contributed by atoms with E-state index < -0.39 is 0 Å². The molecule has 13 aromatic rings. The van der Waals surface area contributed by atoms with E-state index in [4.69, 9.17) is 21.5 Å². The highest BCUT2D eigenvalue weighted by Gasteiger charge is 2.27. The van der Waals surface area contributed by atoms with Crippen molar-refractivity contribution in [2.24, 2.45) is 0 Å². The molecule has 0 spiro atoms. The van der Waals surface area contributed by atoms with E-state index in [-0.39, 0.29) is 39.9 Å². The Bertz CT molecular complexity index is 4140. The molecule has 4 heterocycles. The average Bonchev–Trinajstić information content (AvgIpc) is 4.08. The van der Waals surface area contributed by atoms with Crippen molar-refractivity contribution < 1.29 is 0 Å². The molecule has 0 aliphatic rings. The van der Waals surface area contributed by atoms with Crippen LogP contribution < -0.4 is 0 Å². The summed E-state index contributed by atoms with van der Waals surface area (Å²) in [6.07, 6.45) is 0. The van der Waals surface area contributed by atoms with Gasteiger partial charge in [0.25, 0.3) is 0 Å². The summed E-state index contributed by atoms with van der Waals surface area (Å²) in [5.74, 6) is 0.695. The van der Waals surface area contributed by atoms with E-state index >= 15 is 0 Å². The molecule has 0 radical (unpaired) electrons. The van der Waals surface area contributed by atoms with E-state index in [9.17, 15) is 15.8 Å². The van der Waals surface area contributed by atoms with Gasteiger partial charge in [0.05, 0.1) is 86.1 Å². The summed E-state index contributed by atoms with van der Waals surface area (Å²) in [5, 5.41) is 36.9. The molecule has 10 nitrogen and oxygen atoms in total. The van der Waals surface area contributed by atoms with Crippen LogP contribution in [0.15, 0.2) is 194 Å². The van der Waals surface area contributed by atoms with Crippen LogP contribution in [0.2, 0.25) is 0 Å². The fraction of sp³-hybridized carbons (Fsp3) is 0. The molecule has 71 heavy (non-hydrogen) atoms. The molecule has 0 saturated heterocycles. The van der Waals surface area contributed by atoms with E-state index in [1.165, 1.54) is 12.1 Å². The van der Waals surface area contributed by atoms with Crippen LogP contribution in [0.4, 0.5) is 5.69 Å². The minimum absolute atomic E-state index is 0.202. The van der Waals surface area contributed by atoms with Gasteiger partial charge in [-0.1, -0.05) is 109 Å². The molecule has 0 aliphatic heterocycles. The Morgan fingerprint density at radius 3 is 0.986 bits per heavy atom. The van der Waals surface area contributed by atoms with E-state index in [0.717, 1.165) is 82.5 Å². The molecule has 0 fully saturated rings. The number of fused-ring (bicyclic) bond motifs is 9. The molecule has 0 aliphatic carbocycles. The second kappa shape index (κ2) is 16.0. The SMILES string of the molecule is [C-]#[N+]c1cc(C#N)cc(-c2nc(-c3cc(C#N)cc(C#N)c3)nc(-c3cc(-n4c5ccccc5c5ccccc54)c(-n4c5ccccc5c5ccccc54)c(-n4c5ccccc5c5ccccc54)c3)n2)c1. The maximum Gasteiger partial charge on any atom is 0.189 e. The molecular formula is C61H32N10. The summed E-state index contributed by atoms with van der Waals surface area (Å²) >= 11 is 0. The number of nitrogens with zero attached hydrogens (tertiary/aromatic N) is 10. The number of para-hydroxylation sites is 6. The van der Waals surface area contributed by atoms with Crippen molar-refractivity contribution in [3.8, 4) is 69.4 Å². The van der Waals surface area contributed by atoms with Crippen LogP contribution in [0.1, 0.15) is 16.7 Å². The zero-order chi connectivity index (χ0) is 47.7. The number of nitriles is 3. The predicted octanol–water partition coefficient (Wildman–Crippen LogP) is 14.3. The molecule has 4 aromatic heterocycles. The molecule has 0 unspecified atom stereocenters. The van der Waals surface area contributed by atoms with Crippen LogP contribution >= 0.6 is 0 Å². The monoisotopic (exact) mass is 904 g/mol. The molecule has 0 amide bonds. The largest absolute Gasteiger partial charge is 0.307 e. The second-order valence-electron chi connectivity index (χ2n) is 17.3. The number of aromatic nitrogens is 6. The summed E-state index contributed by atoms with van der Waals surface area (Å²) in [6.45, 7) is 7.91. The lowest BCUT2D eigenvalue weighted by Crippen LogP contribution is -2.10. The van der Waals surface area contributed by atoms with Gasteiger partial charge >= 0.3 is 0 Å². The number of rotatable bonds is 6. The highest BCUT2D eigenvalue weighted by Crippen LogP contribution is 2.45. The van der Waals surface area contributed by atoms with Gasteiger partial charge in [0, 0.05) is 54.6 Å². The van der Waals surface area contributed by atoms with Crippen molar-refractivity contribution in [3.05, 3.63) is 222 Å². The van der Waals surface area contributed by atoms with Crippen molar-refractivity contribution in [2.45, 2.75) is 0 Å². The molecule has 0 atom stereocenters. The third-order valence-corrected chi connectivity index (χ3v) is 13.3. The second-order valence-corrected chi connectivity index (χ2v) is 17.3. The fourth-order valence-electron chi connectivity index (χ4n) is 10.3. The standard InChI is InChI=1S/C61H32N10/c1-65-43-30-39(36-64)29-41(31-43)60-66-59(40-27-37(34-62)26-38(28-40)35-63)67-61(68-60)42-32-56(69-50-20-8-2-14-44(50)45-15-3-9-21-51(45)69)58(71-54-24-12-6-18-48(54)49-19-7-13-25-55(49)71)57(33-42)70-52-22-10-4-16-46(52)47-17-5-11-23-53(47)70/h2-33H. The quantitative estimate of drug-likeness (QED) is 0.153. The third-order valence-electron chi connectivity index (χ3n) is 13.3. The Morgan fingerprint density at radius 2 is 0.648 bits per heavy atom. The Labute approximate surface area is 405 Å². The maximum atomic E-state index is 10.1. The van der Waals surface area contributed by atoms with Crippen LogP contribution in [0, 0.1) is 40.6 Å². The van der Waals surface area contributed by atoms with Gasteiger partial charge < -0.3 is 13.7 Å². The Balaban J connectivity index is 1.25. The number of hydrogen-bond donors (Lipinski definition) is 0. The molecule has 0 N–H and O–H groups in total. The van der Waals surface area contributed by atoms with Crippen molar-refractivity contribution in [1.82, 2.24) is 28.7 Å². The fourth-order valence-corrected chi connectivity index (χ4v) is 10.3. The smallest absolute Gasteiger partial charge is 0.189 e. The summed E-state index contributed by atoms with van der Waals surface area (Å²) in [5.41, 5.74) is 11.2. The summed E-state index contributed by atoms with van der Waals surface area (Å²) < 4.78 is 7.05. The molecular weight excluding hydrogens is 873 g/mol. The van der Waals surface area contributed by atoms with Gasteiger partial charge in [-0.2, -0.15) is 15.8 Å². The highest BCUT2D eigenvalue weighted by atomic mass is 15.1. The van der Waals surface area contributed by atoms with Gasteiger partial charge in [0.2, 0.25) is 0 Å². The zero-order valence-electron chi connectivity index (χ0n) is 37.4. The van der Waals surface area contributed by atoms with Crippen molar-refractivity contribution in [2.75, 3.05) is 0 Å². The first kappa shape index (κ1) is 40.6. The molecule has 9 aromatic carbocycles. The van der Waals surface area contributed by atoms with Gasteiger partial charge in [0.1, 0.15) is 0 Å². The highest BCUT2D eigenvalue weighted by molar-refractivity contribution is 6.14. The van der Waals surface area contributed by atoms with E-state index in [1.54, 1.807) is 24.3 Å². The Morgan fingerprint density at radius 1 is 0.352 bits per heavy atom. The van der Waals surface area contributed by atoms with Crippen molar-refractivity contribution >= 4 is 71.1 Å². The van der Waals surface area contributed by atoms with Crippen LogP contribution in [-0.4, -0.2) is 28.7 Å². The topological polar surface area (TPSA) is 129 Å². The Hall–Kier alpha value is -10.7. The first-order valence-electron chi connectivity index (χ1n) is 22.8. The van der Waals surface area contributed by atoms with Crippen molar-refractivity contribution in [3.63, 3.8) is 0 Å². The first-order chi connectivity index (χ1) is 35.0. The maximum absolute atomic E-state index is 10.1. The molecule has 326 valence electrons. The van der Waals surface area contributed by atoms with E-state index in [2.05, 4.69) is 194 Å². The van der Waals surface area contributed by atoms with Gasteiger partial charge in [-0.25, -0.2) is 19.8 Å². The van der Waals surface area contributed by atoms with Gasteiger partial charge in [-0.3, -0.25) is 0 Å². The number of benzene rings is 9. The van der Waals surface area contributed by atoms with Crippen molar-refractivity contribution in [1.29, 1.82) is 15.8 Å². The molecule has 13 rings (SSSR count). The van der Waals surface area contributed by atoms with Crippen LogP contribution in [0.25, 0.3) is 121 Å². The average molecular weight is 905 g/mol. The third kappa shape index (κ3) is 6.35. The molecule has 10 heteroatoms. The normalized spacial score (nSPS) is 11.3. The molecule has 0 saturated carbocycles. The zero-order valence-corrected chi connectivity index (χ0v) is 37.4. The minimum atomic E-state index is 0.202. The van der Waals surface area contributed by atoms with Crippen LogP contribution in [0.3, 0.4) is 0 Å².